The quantitative estimate of drug-likeness (QED) is 0.00713. The Morgan fingerprint density at radius 2 is 1.31 bits per heavy atom. The molecule has 3 heterocycles. The molecule has 2 aliphatic rings. The summed E-state index contributed by atoms with van der Waals surface area (Å²) in [5, 5.41) is 23.5. The molecule has 6 atom stereocenters. The molecule has 0 bridgehead atoms. The number of nitrogens with zero attached hydrogens (tertiary/aromatic N) is 4. The Bertz CT molecular complexity index is 3030. The third-order valence-electron chi connectivity index (χ3n) is 15.4. The van der Waals surface area contributed by atoms with Gasteiger partial charge in [0.05, 0.1) is 32.1 Å². The zero-order valence-electron chi connectivity index (χ0n) is 51.4. The predicted molar refractivity (Wildman–Crippen MR) is 333 cm³/mol. The molecule has 2 aliphatic heterocycles. The number of benzene rings is 4. The lowest BCUT2D eigenvalue weighted by atomic mass is 9.93. The van der Waals surface area contributed by atoms with Crippen LogP contribution in [0.15, 0.2) is 115 Å². The van der Waals surface area contributed by atoms with E-state index >= 15 is 0 Å². The van der Waals surface area contributed by atoms with E-state index in [0.29, 0.717) is 83.1 Å². The maximum Gasteiger partial charge on any atom is 0.308 e. The third-order valence-corrected chi connectivity index (χ3v) is 16.6. The van der Waals surface area contributed by atoms with Gasteiger partial charge in [-0.15, -0.1) is 13.7 Å². The van der Waals surface area contributed by atoms with Crippen LogP contribution < -0.4 is 36.1 Å². The summed E-state index contributed by atoms with van der Waals surface area (Å²) in [6, 6.07) is 30.4. The van der Waals surface area contributed by atoms with Gasteiger partial charge in [-0.2, -0.15) is 0 Å². The Morgan fingerprint density at radius 1 is 0.701 bits per heavy atom. The molecule has 21 heteroatoms. The molecule has 468 valence electrons. The number of aryl methyl sites for hydroxylation is 2. The third kappa shape index (κ3) is 22.7. The monoisotopic (exact) mass is 1210 g/mol. The van der Waals surface area contributed by atoms with E-state index in [2.05, 4.69) is 49.0 Å². The van der Waals surface area contributed by atoms with Crippen LogP contribution in [-0.4, -0.2) is 143 Å². The zero-order valence-corrected chi connectivity index (χ0v) is 52.4. The van der Waals surface area contributed by atoms with Crippen molar-refractivity contribution in [3.05, 3.63) is 143 Å². The van der Waals surface area contributed by atoms with E-state index in [4.69, 9.17) is 18.9 Å². The average molecular weight is 1220 g/mol. The Balaban J connectivity index is 0.993. The summed E-state index contributed by atoms with van der Waals surface area (Å²) in [5.41, 5.74) is 3.42. The standard InChI is InChI=1S/C66H88N9O11P/c1-46(2)36-55(62(79)66(6)45-85-66)69-65(82)57(38-50-20-12-8-13-21-50)71-64(81)56(37-47(3)4)70-63(80)54(27-25-49-18-10-7-11-19-49)68-61(78)42-75(31-33-83-34-32-75)41-52-26-28-58(86-48(5)76)59(39-52)84-43-53-40-74(73-72-53)30-17-16-24-60(77)67-29-35-87-44-51-22-14-9-15-23-51/h7-15,18-23,26,28,39-40,46-47,54-57,87H,16-17,24-25,27,29-38,41-45H2,1-6H3,(H4-,67,68,69,70,71,77,78,80,81,82)/p+1/t54-,55-,56-,57-,66+/m0/s1. The van der Waals surface area contributed by atoms with Crippen LogP contribution in [-0.2, 0) is 81.7 Å². The van der Waals surface area contributed by atoms with Gasteiger partial charge in [-0.25, -0.2) is 0 Å². The van der Waals surface area contributed by atoms with Crippen LogP contribution in [0.25, 0.3) is 0 Å². The molecule has 4 aromatic carbocycles. The number of hydrogen-bond acceptors (Lipinski definition) is 13. The molecule has 5 amide bonds. The lowest BCUT2D eigenvalue weighted by Crippen LogP contribution is -2.61. The van der Waals surface area contributed by atoms with Crippen LogP contribution in [0.5, 0.6) is 11.5 Å². The predicted octanol–water partition coefficient (Wildman–Crippen LogP) is 6.56. The highest BCUT2D eigenvalue weighted by molar-refractivity contribution is 7.37. The smallest absolute Gasteiger partial charge is 0.308 e. The summed E-state index contributed by atoms with van der Waals surface area (Å²) >= 11 is 0. The van der Waals surface area contributed by atoms with Gasteiger partial charge >= 0.3 is 5.97 Å². The molecule has 20 nitrogen and oxygen atoms in total. The van der Waals surface area contributed by atoms with Gasteiger partial charge in [0.15, 0.2) is 23.8 Å². The number of esters is 1. The number of ether oxygens (including phenoxy) is 4. The SMILES string of the molecule is CC(=O)Oc1ccc(C[N+]2(CC(=O)N[C@@H](CCc3ccccc3)C(=O)N[C@@H](CC(C)C)C(=O)N[C@@H](Cc3ccccc3)C(=O)N[C@@H](CC(C)C)C(=O)[C@@]3(C)CO3)CCOCC2)cc1OCc1cn(CCCCC(=O)NCCPCc2ccccc2)nn1. The lowest BCUT2D eigenvalue weighted by molar-refractivity contribution is -0.940. The van der Waals surface area contributed by atoms with Crippen LogP contribution in [0.2, 0.25) is 0 Å². The van der Waals surface area contributed by atoms with Gasteiger partial charge in [0.25, 0.3) is 5.91 Å². The van der Waals surface area contributed by atoms with E-state index in [1.54, 1.807) is 29.9 Å². The maximum atomic E-state index is 14.7. The van der Waals surface area contributed by atoms with E-state index in [0.717, 1.165) is 44.0 Å². The van der Waals surface area contributed by atoms with Gasteiger partial charge < -0.3 is 50.0 Å². The van der Waals surface area contributed by atoms with E-state index in [1.807, 2.05) is 113 Å². The van der Waals surface area contributed by atoms with Gasteiger partial charge in [-0.05, 0) is 104 Å². The molecule has 2 saturated heterocycles. The first kappa shape index (κ1) is 67.1. The number of nitrogens with one attached hydrogen (secondary N) is 5. The highest BCUT2D eigenvalue weighted by Gasteiger charge is 2.50. The number of aromatic nitrogens is 3. The van der Waals surface area contributed by atoms with Gasteiger partial charge in [0.2, 0.25) is 23.6 Å². The van der Waals surface area contributed by atoms with E-state index in [-0.39, 0.29) is 78.7 Å². The first-order valence-electron chi connectivity index (χ1n) is 30.6. The molecule has 1 aromatic heterocycles. The van der Waals surface area contributed by atoms with Crippen molar-refractivity contribution in [2.24, 2.45) is 11.8 Å². The molecule has 2 fully saturated rings. The number of hydrogen-bond donors (Lipinski definition) is 5. The van der Waals surface area contributed by atoms with Crippen molar-refractivity contribution in [2.45, 2.75) is 149 Å². The fourth-order valence-electron chi connectivity index (χ4n) is 10.6. The summed E-state index contributed by atoms with van der Waals surface area (Å²) in [7, 11) is 0.753. The van der Waals surface area contributed by atoms with Crippen molar-refractivity contribution in [1.82, 2.24) is 41.6 Å². The van der Waals surface area contributed by atoms with Gasteiger partial charge in [0, 0.05) is 38.4 Å². The molecule has 1 unspecified atom stereocenters. The number of unbranched alkanes of at least 4 members (excludes halogenated alkanes) is 1. The number of morpholine rings is 1. The number of amides is 5. The van der Waals surface area contributed by atoms with Gasteiger partial charge in [0.1, 0.15) is 55.7 Å². The summed E-state index contributed by atoms with van der Waals surface area (Å²) < 4.78 is 25.1. The van der Waals surface area contributed by atoms with E-state index in [9.17, 15) is 33.6 Å². The largest absolute Gasteiger partial charge is 0.483 e. The Labute approximate surface area is 513 Å². The Morgan fingerprint density at radius 3 is 1.97 bits per heavy atom. The van der Waals surface area contributed by atoms with Crippen molar-refractivity contribution in [3.63, 3.8) is 0 Å². The first-order chi connectivity index (χ1) is 41.8. The Hall–Kier alpha value is -7.38. The van der Waals surface area contributed by atoms with Crippen molar-refractivity contribution >= 4 is 49.9 Å². The van der Waals surface area contributed by atoms with Crippen molar-refractivity contribution in [2.75, 3.05) is 52.2 Å². The fraction of sp³-hybridized carbons (Fsp3) is 0.500. The number of rotatable bonds is 36. The molecule has 0 saturated carbocycles. The van der Waals surface area contributed by atoms with Gasteiger partial charge in [-0.1, -0.05) is 124 Å². The molecular weight excluding hydrogens is 1130 g/mol. The minimum atomic E-state index is -1.10. The molecule has 0 radical (unpaired) electrons. The molecular formula is C66H89N9O11P+. The van der Waals surface area contributed by atoms with Crippen molar-refractivity contribution in [3.8, 4) is 11.5 Å². The van der Waals surface area contributed by atoms with E-state index in [1.165, 1.54) is 12.5 Å². The topological polar surface area (TPSA) is 251 Å². The molecule has 5 N–H and O–H groups in total. The summed E-state index contributed by atoms with van der Waals surface area (Å²) in [6.07, 6.45) is 6.99. The minimum Gasteiger partial charge on any atom is -0.483 e. The number of quaternary nitrogens is 1. The van der Waals surface area contributed by atoms with Crippen LogP contribution in [0, 0.1) is 11.8 Å². The maximum absolute atomic E-state index is 14.7. The van der Waals surface area contributed by atoms with Crippen molar-refractivity contribution in [1.29, 1.82) is 0 Å². The normalized spacial score (nSPS) is 16.7. The van der Waals surface area contributed by atoms with Crippen LogP contribution >= 0.6 is 8.58 Å². The minimum absolute atomic E-state index is 0.0125. The number of carbonyl (C=O) groups excluding carboxylic acids is 7. The highest BCUT2D eigenvalue weighted by Crippen LogP contribution is 2.32. The van der Waals surface area contributed by atoms with Crippen LogP contribution in [0.4, 0.5) is 0 Å². The first-order valence-corrected chi connectivity index (χ1v) is 32.0. The number of epoxide rings is 1. The highest BCUT2D eigenvalue weighted by atomic mass is 31.1. The number of Topliss-reactive ketones (excluding diaryl/α,β-unsaturated/α-hetero) is 1. The molecule has 5 aromatic rings. The summed E-state index contributed by atoms with van der Waals surface area (Å²) in [4.78, 5) is 96.6. The average Bonchev–Trinajstić information content (AvgIpc) is 2.51. The molecule has 0 spiro atoms. The molecule has 0 aliphatic carbocycles. The molecule has 7 rings (SSSR count). The molecule has 87 heavy (non-hydrogen) atoms. The second-order valence-electron chi connectivity index (χ2n) is 24.0. The van der Waals surface area contributed by atoms with Crippen molar-refractivity contribution < 1.29 is 57.0 Å². The van der Waals surface area contributed by atoms with Crippen LogP contribution in [0.3, 0.4) is 0 Å². The summed E-state index contributed by atoms with van der Waals surface area (Å²) in [5.74, 6) is -2.24. The number of carbonyl (C=O) groups is 7. The lowest BCUT2D eigenvalue weighted by Gasteiger charge is -2.41. The van der Waals surface area contributed by atoms with Gasteiger partial charge in [-0.3, -0.25) is 38.2 Å². The second kappa shape index (κ2) is 33.7. The second-order valence-corrected chi connectivity index (χ2v) is 25.3. The van der Waals surface area contributed by atoms with E-state index < -0.39 is 53.5 Å². The number of ketones is 1. The Kier molecular flexibility index (Phi) is 26.0. The van der Waals surface area contributed by atoms with Crippen LogP contribution in [0.1, 0.15) is 108 Å². The fourth-order valence-corrected chi connectivity index (χ4v) is 11.6. The zero-order chi connectivity index (χ0) is 62.2. The summed E-state index contributed by atoms with van der Waals surface area (Å²) in [6.45, 7) is 14.4.